The number of fused-ring (bicyclic) bond motifs is 1. The van der Waals surface area contributed by atoms with Crippen molar-refractivity contribution >= 4 is 11.7 Å². The molecular weight excluding hydrogens is 274 g/mol. The molecule has 4 nitrogen and oxygen atoms in total. The van der Waals surface area contributed by atoms with Gasteiger partial charge in [-0.2, -0.15) is 0 Å². The van der Waals surface area contributed by atoms with Crippen molar-refractivity contribution in [3.8, 4) is 0 Å². The minimum atomic E-state index is 0.0586. The van der Waals surface area contributed by atoms with Crippen molar-refractivity contribution in [1.29, 1.82) is 0 Å². The van der Waals surface area contributed by atoms with Gasteiger partial charge in [0.15, 0.2) is 0 Å². The Morgan fingerprint density at radius 1 is 1.05 bits per heavy atom. The van der Waals surface area contributed by atoms with Gasteiger partial charge in [0.05, 0.1) is 0 Å². The quantitative estimate of drug-likeness (QED) is 0.845. The number of carbonyl (C=O) groups excluding carboxylic acids is 1. The third kappa shape index (κ3) is 4.47. The second kappa shape index (κ2) is 9.46. The molecule has 2 amide bonds. The Morgan fingerprint density at radius 2 is 1.64 bits per heavy atom. The van der Waals surface area contributed by atoms with Crippen molar-refractivity contribution in [1.82, 2.24) is 9.80 Å². The normalized spacial score (nSPS) is 18.2. The second-order valence-electron chi connectivity index (χ2n) is 5.25. The van der Waals surface area contributed by atoms with Gasteiger partial charge in [0, 0.05) is 18.3 Å². The molecule has 1 aromatic carbocycles. The maximum Gasteiger partial charge on any atom is 0.322 e. The molecule has 3 rings (SSSR count). The highest BCUT2D eigenvalue weighted by Crippen LogP contribution is 2.27. The molecule has 0 atom stereocenters. The summed E-state index contributed by atoms with van der Waals surface area (Å²) in [6.45, 7) is 10.9. The number of amides is 2. The van der Waals surface area contributed by atoms with Gasteiger partial charge in [-0.1, -0.05) is 45.9 Å². The highest BCUT2D eigenvalue weighted by Gasteiger charge is 2.30. The van der Waals surface area contributed by atoms with Crippen LogP contribution in [0.4, 0.5) is 10.5 Å². The predicted octanol–water partition coefficient (Wildman–Crippen LogP) is 4.18. The van der Waals surface area contributed by atoms with Crippen molar-refractivity contribution in [2.45, 2.75) is 53.1 Å². The topological polar surface area (TPSA) is 35.6 Å². The van der Waals surface area contributed by atoms with E-state index in [1.165, 1.54) is 5.56 Å². The molecule has 2 heterocycles. The molecule has 0 radical (unpaired) electrons. The number of piperidine rings is 1. The van der Waals surface area contributed by atoms with E-state index in [0.717, 1.165) is 38.2 Å². The molecule has 0 saturated carbocycles. The number of hydrogen-bond acceptors (Lipinski definition) is 2. The lowest BCUT2D eigenvalue weighted by atomic mass is 10.0. The summed E-state index contributed by atoms with van der Waals surface area (Å²) < 4.78 is 0. The maximum atomic E-state index is 12.1. The molecule has 1 aromatic rings. The van der Waals surface area contributed by atoms with Gasteiger partial charge in [-0.3, -0.25) is 0 Å². The maximum absolute atomic E-state index is 12.1. The molecule has 1 N–H and O–H groups in total. The van der Waals surface area contributed by atoms with E-state index in [0.29, 0.717) is 6.04 Å². The van der Waals surface area contributed by atoms with Crippen LogP contribution in [-0.4, -0.2) is 42.0 Å². The van der Waals surface area contributed by atoms with E-state index in [4.69, 9.17) is 0 Å². The third-order valence-electron chi connectivity index (χ3n) is 3.99. The van der Waals surface area contributed by atoms with Crippen molar-refractivity contribution in [2.24, 2.45) is 0 Å². The van der Waals surface area contributed by atoms with E-state index in [2.05, 4.69) is 23.3 Å². The van der Waals surface area contributed by atoms with Gasteiger partial charge < -0.3 is 15.1 Å². The van der Waals surface area contributed by atoms with Gasteiger partial charge in [-0.25, -0.2) is 4.79 Å². The van der Waals surface area contributed by atoms with Gasteiger partial charge >= 0.3 is 6.03 Å². The predicted molar refractivity (Wildman–Crippen MR) is 94.2 cm³/mol. The summed E-state index contributed by atoms with van der Waals surface area (Å²) >= 11 is 0. The number of urea groups is 1. The average molecular weight is 305 g/mol. The molecule has 0 aliphatic carbocycles. The lowest BCUT2D eigenvalue weighted by molar-refractivity contribution is 0.133. The van der Waals surface area contributed by atoms with Crippen LogP contribution in [0.1, 0.15) is 46.1 Å². The smallest absolute Gasteiger partial charge is 0.317 e. The number of hydrogen-bond donors (Lipinski definition) is 1. The zero-order valence-corrected chi connectivity index (χ0v) is 14.7. The first-order valence-corrected chi connectivity index (χ1v) is 8.58. The zero-order valence-electron chi connectivity index (χ0n) is 14.7. The van der Waals surface area contributed by atoms with Crippen LogP contribution in [0.25, 0.3) is 0 Å². The number of nitrogens with zero attached hydrogens (tertiary/aromatic N) is 2. The van der Waals surface area contributed by atoms with Gasteiger partial charge in [-0.05, 0) is 44.6 Å². The van der Waals surface area contributed by atoms with Crippen molar-refractivity contribution in [3.05, 3.63) is 29.8 Å². The fourth-order valence-corrected chi connectivity index (χ4v) is 2.82. The van der Waals surface area contributed by atoms with Crippen LogP contribution in [0.3, 0.4) is 0 Å². The number of benzene rings is 1. The minimum Gasteiger partial charge on any atom is -0.317 e. The summed E-state index contributed by atoms with van der Waals surface area (Å²) in [6, 6.07) is 8.50. The van der Waals surface area contributed by atoms with Crippen molar-refractivity contribution in [3.63, 3.8) is 0 Å². The number of anilines is 1. The van der Waals surface area contributed by atoms with Crippen LogP contribution < -0.4 is 5.32 Å². The molecule has 2 aliphatic rings. The molecule has 0 unspecified atom stereocenters. The molecule has 0 spiro atoms. The van der Waals surface area contributed by atoms with E-state index in [1.54, 1.807) is 0 Å². The fraction of sp³-hybridized carbons (Fsp3) is 0.611. The third-order valence-corrected chi connectivity index (χ3v) is 3.99. The molecule has 2 aliphatic heterocycles. The number of rotatable bonds is 1. The van der Waals surface area contributed by atoms with Gasteiger partial charge in [-0.15, -0.1) is 0 Å². The minimum absolute atomic E-state index is 0.0586. The standard InChI is InChI=1S/C14H19N3O.2C2H6/c1-16-8-6-12(7-9-16)17-10-11-4-2-3-5-13(11)15-14(17)18;2*1-2/h2-5,12H,6-10H2,1H3,(H,15,18);2*1-2H3. The SMILES string of the molecule is CC.CC.CN1CCC(N2Cc3ccccc3NC2=O)CC1. The number of carbonyl (C=O) groups is 1. The van der Waals surface area contributed by atoms with Crippen LogP contribution in [-0.2, 0) is 6.54 Å². The molecule has 1 saturated heterocycles. The molecule has 22 heavy (non-hydrogen) atoms. The summed E-state index contributed by atoms with van der Waals surface area (Å²) in [5, 5.41) is 2.99. The number of nitrogens with one attached hydrogen (secondary N) is 1. The lowest BCUT2D eigenvalue weighted by Gasteiger charge is -2.39. The molecule has 124 valence electrons. The Balaban J connectivity index is 0.000000561. The summed E-state index contributed by atoms with van der Waals surface area (Å²) in [5.41, 5.74) is 2.18. The highest BCUT2D eigenvalue weighted by atomic mass is 16.2. The monoisotopic (exact) mass is 305 g/mol. The van der Waals surface area contributed by atoms with Crippen LogP contribution in [0.15, 0.2) is 24.3 Å². The van der Waals surface area contributed by atoms with E-state index in [-0.39, 0.29) is 6.03 Å². The molecule has 1 fully saturated rings. The van der Waals surface area contributed by atoms with E-state index >= 15 is 0 Å². The number of para-hydroxylation sites is 1. The molecular formula is C18H31N3O. The van der Waals surface area contributed by atoms with Gasteiger partial charge in [0.1, 0.15) is 0 Å². The molecule has 0 aromatic heterocycles. The Kier molecular flexibility index (Phi) is 7.96. The van der Waals surface area contributed by atoms with Crippen molar-refractivity contribution in [2.75, 3.05) is 25.5 Å². The molecule has 0 bridgehead atoms. The van der Waals surface area contributed by atoms with Gasteiger partial charge in [0.25, 0.3) is 0 Å². The zero-order chi connectivity index (χ0) is 16.5. The summed E-state index contributed by atoms with van der Waals surface area (Å²) in [4.78, 5) is 16.5. The molecule has 4 heteroatoms. The Morgan fingerprint density at radius 3 is 2.27 bits per heavy atom. The summed E-state index contributed by atoms with van der Waals surface area (Å²) in [7, 11) is 2.14. The van der Waals surface area contributed by atoms with E-state index < -0.39 is 0 Å². The first-order chi connectivity index (χ1) is 10.7. The van der Waals surface area contributed by atoms with Crippen LogP contribution in [0, 0.1) is 0 Å². The van der Waals surface area contributed by atoms with Crippen molar-refractivity contribution < 1.29 is 4.79 Å². The largest absolute Gasteiger partial charge is 0.322 e. The van der Waals surface area contributed by atoms with Crippen LogP contribution in [0.2, 0.25) is 0 Å². The summed E-state index contributed by atoms with van der Waals surface area (Å²) in [6.07, 6.45) is 2.15. The Bertz CT molecular complexity index is 453. The fourth-order valence-electron chi connectivity index (χ4n) is 2.82. The van der Waals surface area contributed by atoms with E-state index in [1.807, 2.05) is 50.8 Å². The second-order valence-corrected chi connectivity index (χ2v) is 5.25. The summed E-state index contributed by atoms with van der Waals surface area (Å²) in [5.74, 6) is 0. The lowest BCUT2D eigenvalue weighted by Crippen LogP contribution is -2.49. The van der Waals surface area contributed by atoms with Crippen LogP contribution in [0.5, 0.6) is 0 Å². The first kappa shape index (κ1) is 18.5. The van der Waals surface area contributed by atoms with Crippen LogP contribution >= 0.6 is 0 Å². The Labute approximate surface area is 135 Å². The first-order valence-electron chi connectivity index (χ1n) is 8.58. The Hall–Kier alpha value is -1.55. The highest BCUT2D eigenvalue weighted by molar-refractivity contribution is 5.92. The van der Waals surface area contributed by atoms with Gasteiger partial charge in [0.2, 0.25) is 0 Å². The number of likely N-dealkylation sites (tertiary alicyclic amines) is 1. The average Bonchev–Trinajstić information content (AvgIpc) is 2.59. The van der Waals surface area contributed by atoms with E-state index in [9.17, 15) is 4.79 Å².